The smallest absolute Gasteiger partial charge is 0.251 e. The summed E-state index contributed by atoms with van der Waals surface area (Å²) in [5.41, 5.74) is 5.75. The summed E-state index contributed by atoms with van der Waals surface area (Å²) in [6.07, 6.45) is 0. The van der Waals surface area contributed by atoms with Gasteiger partial charge in [0.05, 0.1) is 5.56 Å². The van der Waals surface area contributed by atoms with Gasteiger partial charge in [-0.25, -0.2) is 13.2 Å². The minimum absolute atomic E-state index is 0.195. The van der Waals surface area contributed by atoms with E-state index < -0.39 is 23.4 Å². The van der Waals surface area contributed by atoms with Crippen LogP contribution < -0.4 is 11.1 Å². The third-order valence-corrected chi connectivity index (χ3v) is 2.71. The molecule has 1 amide bonds. The van der Waals surface area contributed by atoms with Gasteiger partial charge in [0.1, 0.15) is 5.82 Å². The normalized spacial score (nSPS) is 10.3. The fraction of sp³-hybridized carbons (Fsp3) is 0.0714. The molecule has 0 heterocycles. The van der Waals surface area contributed by atoms with E-state index in [2.05, 4.69) is 5.32 Å². The third-order valence-electron chi connectivity index (χ3n) is 2.71. The Labute approximate surface area is 113 Å². The molecule has 0 atom stereocenters. The first-order chi connectivity index (χ1) is 9.47. The van der Waals surface area contributed by atoms with Gasteiger partial charge in [0, 0.05) is 12.2 Å². The SMILES string of the molecule is NC(=O)c1cc(NCc2ccc(F)c(F)c2)ccc1F. The number of benzene rings is 2. The molecule has 0 fully saturated rings. The molecule has 0 aliphatic heterocycles. The minimum atomic E-state index is -0.943. The molecule has 0 aromatic heterocycles. The van der Waals surface area contributed by atoms with Crippen LogP contribution in [-0.2, 0) is 6.54 Å². The molecule has 2 rings (SSSR count). The third kappa shape index (κ3) is 3.09. The van der Waals surface area contributed by atoms with Gasteiger partial charge in [0.2, 0.25) is 0 Å². The molecule has 104 valence electrons. The van der Waals surface area contributed by atoms with Crippen molar-refractivity contribution >= 4 is 11.6 Å². The molecule has 0 saturated heterocycles. The first kappa shape index (κ1) is 13.9. The summed E-state index contributed by atoms with van der Waals surface area (Å²) in [5.74, 6) is -3.46. The van der Waals surface area contributed by atoms with E-state index in [-0.39, 0.29) is 12.1 Å². The van der Waals surface area contributed by atoms with Crippen LogP contribution in [0.5, 0.6) is 0 Å². The summed E-state index contributed by atoms with van der Waals surface area (Å²) in [6.45, 7) is 0.195. The van der Waals surface area contributed by atoms with E-state index in [4.69, 9.17) is 5.73 Å². The number of rotatable bonds is 4. The van der Waals surface area contributed by atoms with Gasteiger partial charge < -0.3 is 11.1 Å². The maximum Gasteiger partial charge on any atom is 0.251 e. The number of carbonyl (C=O) groups excluding carboxylic acids is 1. The Hall–Kier alpha value is -2.50. The molecule has 3 N–H and O–H groups in total. The largest absolute Gasteiger partial charge is 0.381 e. The van der Waals surface area contributed by atoms with Gasteiger partial charge in [-0.05, 0) is 35.9 Å². The predicted molar refractivity (Wildman–Crippen MR) is 68.6 cm³/mol. The van der Waals surface area contributed by atoms with E-state index in [0.717, 1.165) is 18.2 Å². The predicted octanol–water partition coefficient (Wildman–Crippen LogP) is 2.81. The van der Waals surface area contributed by atoms with Crippen molar-refractivity contribution in [2.45, 2.75) is 6.54 Å². The van der Waals surface area contributed by atoms with Gasteiger partial charge >= 0.3 is 0 Å². The monoisotopic (exact) mass is 280 g/mol. The van der Waals surface area contributed by atoms with E-state index in [1.54, 1.807) is 0 Å². The van der Waals surface area contributed by atoms with Crippen molar-refractivity contribution in [2.75, 3.05) is 5.32 Å². The molecule has 2 aromatic carbocycles. The number of carbonyl (C=O) groups is 1. The first-order valence-electron chi connectivity index (χ1n) is 5.74. The highest BCUT2D eigenvalue weighted by Gasteiger charge is 2.09. The van der Waals surface area contributed by atoms with Crippen LogP contribution in [0.4, 0.5) is 18.9 Å². The highest BCUT2D eigenvalue weighted by atomic mass is 19.2. The zero-order valence-electron chi connectivity index (χ0n) is 10.3. The summed E-state index contributed by atoms with van der Waals surface area (Å²) in [4.78, 5) is 11.0. The van der Waals surface area contributed by atoms with Gasteiger partial charge in [-0.3, -0.25) is 4.79 Å². The van der Waals surface area contributed by atoms with E-state index in [1.807, 2.05) is 0 Å². The Kier molecular flexibility index (Phi) is 3.93. The van der Waals surface area contributed by atoms with Crippen LogP contribution in [0, 0.1) is 17.5 Å². The van der Waals surface area contributed by atoms with Gasteiger partial charge in [0.25, 0.3) is 5.91 Å². The summed E-state index contributed by atoms with van der Waals surface area (Å²) in [7, 11) is 0. The zero-order valence-corrected chi connectivity index (χ0v) is 10.3. The molecule has 0 unspecified atom stereocenters. The van der Waals surface area contributed by atoms with Crippen LogP contribution in [0.15, 0.2) is 36.4 Å². The van der Waals surface area contributed by atoms with Gasteiger partial charge in [-0.15, -0.1) is 0 Å². The summed E-state index contributed by atoms with van der Waals surface area (Å²) >= 11 is 0. The van der Waals surface area contributed by atoms with Crippen molar-refractivity contribution in [3.05, 3.63) is 65.0 Å². The number of primary amides is 1. The fourth-order valence-electron chi connectivity index (χ4n) is 1.68. The number of hydrogen-bond acceptors (Lipinski definition) is 2. The number of halogens is 3. The van der Waals surface area contributed by atoms with Crippen molar-refractivity contribution in [2.24, 2.45) is 5.73 Å². The lowest BCUT2D eigenvalue weighted by Gasteiger charge is -2.08. The summed E-state index contributed by atoms with van der Waals surface area (Å²) in [6, 6.07) is 7.28. The van der Waals surface area contributed by atoms with E-state index in [1.165, 1.54) is 18.2 Å². The number of hydrogen-bond donors (Lipinski definition) is 2. The van der Waals surface area contributed by atoms with Crippen LogP contribution >= 0.6 is 0 Å². The molecule has 6 heteroatoms. The molecule has 0 spiro atoms. The van der Waals surface area contributed by atoms with Crippen LogP contribution in [-0.4, -0.2) is 5.91 Å². The lowest BCUT2D eigenvalue weighted by Crippen LogP contribution is -2.13. The average Bonchev–Trinajstić information content (AvgIpc) is 2.41. The lowest BCUT2D eigenvalue weighted by atomic mass is 10.1. The number of nitrogens with one attached hydrogen (secondary N) is 1. The molecule has 0 aliphatic carbocycles. The molecular formula is C14H11F3N2O. The fourth-order valence-corrected chi connectivity index (χ4v) is 1.68. The highest BCUT2D eigenvalue weighted by Crippen LogP contribution is 2.16. The molecular weight excluding hydrogens is 269 g/mol. The first-order valence-corrected chi connectivity index (χ1v) is 5.74. The number of anilines is 1. The summed E-state index contributed by atoms with van der Waals surface area (Å²) < 4.78 is 39.0. The average molecular weight is 280 g/mol. The molecule has 0 aliphatic rings. The minimum Gasteiger partial charge on any atom is -0.381 e. The van der Waals surface area contributed by atoms with Crippen molar-refractivity contribution in [1.82, 2.24) is 0 Å². The van der Waals surface area contributed by atoms with Crippen molar-refractivity contribution < 1.29 is 18.0 Å². The van der Waals surface area contributed by atoms with Crippen LogP contribution in [0.2, 0.25) is 0 Å². The number of nitrogens with two attached hydrogens (primary N) is 1. The Balaban J connectivity index is 2.12. The molecule has 20 heavy (non-hydrogen) atoms. The van der Waals surface area contributed by atoms with Crippen molar-refractivity contribution in [3.63, 3.8) is 0 Å². The van der Waals surface area contributed by atoms with Crippen molar-refractivity contribution in [3.8, 4) is 0 Å². The Bertz CT molecular complexity index is 659. The molecule has 0 bridgehead atoms. The maximum atomic E-state index is 13.3. The molecule has 0 saturated carbocycles. The Morgan fingerprint density at radius 2 is 1.70 bits per heavy atom. The molecule has 2 aromatic rings. The summed E-state index contributed by atoms with van der Waals surface area (Å²) in [5, 5.41) is 2.87. The Morgan fingerprint density at radius 1 is 1.00 bits per heavy atom. The van der Waals surface area contributed by atoms with E-state index in [0.29, 0.717) is 11.3 Å². The second-order valence-corrected chi connectivity index (χ2v) is 4.16. The van der Waals surface area contributed by atoms with Crippen LogP contribution in [0.25, 0.3) is 0 Å². The lowest BCUT2D eigenvalue weighted by molar-refractivity contribution is 0.0996. The standard InChI is InChI=1S/C14H11F3N2O/c15-11-4-2-9(6-10(11)14(18)20)19-7-8-1-3-12(16)13(17)5-8/h1-6,19H,7H2,(H2,18,20). The zero-order chi connectivity index (χ0) is 14.7. The van der Waals surface area contributed by atoms with E-state index in [9.17, 15) is 18.0 Å². The second-order valence-electron chi connectivity index (χ2n) is 4.16. The van der Waals surface area contributed by atoms with E-state index >= 15 is 0 Å². The topological polar surface area (TPSA) is 55.1 Å². The Morgan fingerprint density at radius 3 is 2.35 bits per heavy atom. The van der Waals surface area contributed by atoms with Crippen LogP contribution in [0.1, 0.15) is 15.9 Å². The van der Waals surface area contributed by atoms with Gasteiger partial charge in [-0.1, -0.05) is 6.07 Å². The molecule has 0 radical (unpaired) electrons. The van der Waals surface area contributed by atoms with Gasteiger partial charge in [-0.2, -0.15) is 0 Å². The van der Waals surface area contributed by atoms with Crippen LogP contribution in [0.3, 0.4) is 0 Å². The quantitative estimate of drug-likeness (QED) is 0.904. The number of amides is 1. The second kappa shape index (κ2) is 5.64. The maximum absolute atomic E-state index is 13.3. The van der Waals surface area contributed by atoms with Crippen molar-refractivity contribution in [1.29, 1.82) is 0 Å². The highest BCUT2D eigenvalue weighted by molar-refractivity contribution is 5.94. The van der Waals surface area contributed by atoms with Gasteiger partial charge in [0.15, 0.2) is 11.6 Å². The molecule has 3 nitrogen and oxygen atoms in total.